The van der Waals surface area contributed by atoms with Crippen LogP contribution in [-0.4, -0.2) is 20.7 Å². The molecule has 0 fully saturated rings. The summed E-state index contributed by atoms with van der Waals surface area (Å²) in [5.74, 6) is -0.744. The molecule has 4 aromatic rings. The Labute approximate surface area is 171 Å². The second-order valence-electron chi connectivity index (χ2n) is 6.40. The first-order valence-corrected chi connectivity index (χ1v) is 9.25. The number of carbonyl (C=O) groups excluding carboxylic acids is 1. The quantitative estimate of drug-likeness (QED) is 0.501. The van der Waals surface area contributed by atoms with Crippen LogP contribution in [0.1, 0.15) is 16.2 Å². The van der Waals surface area contributed by atoms with Crippen LogP contribution in [0.25, 0.3) is 17.1 Å². The highest BCUT2D eigenvalue weighted by Crippen LogP contribution is 2.25. The highest BCUT2D eigenvalue weighted by atomic mass is 35.5. The Bertz CT molecular complexity index is 1190. The first kappa shape index (κ1) is 18.8. The lowest BCUT2D eigenvalue weighted by Gasteiger charge is -2.07. The molecule has 7 heteroatoms. The minimum Gasteiger partial charge on any atom is -0.317 e. The van der Waals surface area contributed by atoms with Gasteiger partial charge in [-0.1, -0.05) is 60.1 Å². The van der Waals surface area contributed by atoms with Crippen molar-refractivity contribution in [1.82, 2.24) is 14.8 Å². The highest BCUT2D eigenvalue weighted by molar-refractivity contribution is 6.31. The molecule has 3 aromatic carbocycles. The van der Waals surface area contributed by atoms with Crippen molar-refractivity contribution < 1.29 is 9.18 Å². The molecule has 0 aliphatic rings. The number of amides is 1. The molecule has 0 spiro atoms. The zero-order chi connectivity index (χ0) is 20.4. The van der Waals surface area contributed by atoms with Crippen molar-refractivity contribution in [3.63, 3.8) is 0 Å². The van der Waals surface area contributed by atoms with Crippen LogP contribution in [0.2, 0.25) is 5.02 Å². The minimum absolute atomic E-state index is 0.0634. The van der Waals surface area contributed by atoms with Gasteiger partial charge in [-0.2, -0.15) is 0 Å². The van der Waals surface area contributed by atoms with Crippen LogP contribution in [0, 0.1) is 12.7 Å². The summed E-state index contributed by atoms with van der Waals surface area (Å²) in [5.41, 5.74) is 2.43. The molecule has 0 aliphatic carbocycles. The molecule has 5 nitrogen and oxygen atoms in total. The summed E-state index contributed by atoms with van der Waals surface area (Å²) in [7, 11) is 0. The van der Waals surface area contributed by atoms with Crippen LogP contribution < -0.4 is 5.32 Å². The Morgan fingerprint density at radius 3 is 2.48 bits per heavy atom. The van der Waals surface area contributed by atoms with Crippen LogP contribution in [0.4, 0.5) is 10.1 Å². The molecule has 144 valence electrons. The van der Waals surface area contributed by atoms with Gasteiger partial charge in [-0.25, -0.2) is 14.1 Å². The summed E-state index contributed by atoms with van der Waals surface area (Å²) in [6.07, 6.45) is 0. The lowest BCUT2D eigenvalue weighted by atomic mass is 10.2. The second kappa shape index (κ2) is 7.85. The van der Waals surface area contributed by atoms with Crippen LogP contribution in [0.15, 0.2) is 72.8 Å². The molecule has 1 N–H and O–H groups in total. The Balaban J connectivity index is 1.78. The Morgan fingerprint density at radius 2 is 1.76 bits per heavy atom. The molecule has 0 saturated carbocycles. The number of rotatable bonds is 4. The predicted octanol–water partition coefficient (Wildman–Crippen LogP) is 5.29. The molecule has 1 aromatic heterocycles. The number of nitrogens with zero attached hydrogens (tertiary/aromatic N) is 3. The van der Waals surface area contributed by atoms with E-state index in [9.17, 15) is 9.18 Å². The van der Waals surface area contributed by atoms with Crippen molar-refractivity contribution in [3.8, 4) is 17.1 Å². The molecule has 4 rings (SSSR count). The van der Waals surface area contributed by atoms with Crippen molar-refractivity contribution in [2.45, 2.75) is 6.92 Å². The van der Waals surface area contributed by atoms with Crippen molar-refractivity contribution in [2.24, 2.45) is 0 Å². The maximum absolute atomic E-state index is 13.9. The number of para-hydroxylation sites is 1. The van der Waals surface area contributed by atoms with Crippen LogP contribution in [0.3, 0.4) is 0 Å². The van der Waals surface area contributed by atoms with Gasteiger partial charge in [-0.05, 0) is 36.8 Å². The molecule has 0 aliphatic heterocycles. The van der Waals surface area contributed by atoms with E-state index in [1.807, 2.05) is 49.4 Å². The van der Waals surface area contributed by atoms with Gasteiger partial charge in [-0.15, -0.1) is 5.10 Å². The van der Waals surface area contributed by atoms with Crippen molar-refractivity contribution >= 4 is 23.2 Å². The third-order valence-corrected chi connectivity index (χ3v) is 4.77. The van der Waals surface area contributed by atoms with Gasteiger partial charge in [0.15, 0.2) is 5.82 Å². The largest absolute Gasteiger partial charge is 0.317 e. The van der Waals surface area contributed by atoms with E-state index in [1.165, 1.54) is 12.1 Å². The third kappa shape index (κ3) is 3.88. The number of anilines is 1. The molecule has 0 bridgehead atoms. The maximum Gasteiger partial charge on any atom is 0.295 e. The van der Waals surface area contributed by atoms with Gasteiger partial charge in [-0.3, -0.25) is 4.79 Å². The molecule has 0 radical (unpaired) electrons. The second-order valence-corrected chi connectivity index (χ2v) is 6.81. The molecule has 29 heavy (non-hydrogen) atoms. The zero-order valence-corrected chi connectivity index (χ0v) is 16.2. The van der Waals surface area contributed by atoms with E-state index in [4.69, 9.17) is 11.6 Å². The van der Waals surface area contributed by atoms with Crippen molar-refractivity contribution in [2.75, 3.05) is 5.32 Å². The van der Waals surface area contributed by atoms with E-state index in [-0.39, 0.29) is 11.5 Å². The fraction of sp³-hybridized carbons (Fsp3) is 0.0455. The Kier molecular flexibility index (Phi) is 5.10. The summed E-state index contributed by atoms with van der Waals surface area (Å²) in [4.78, 5) is 17.1. The molecular formula is C22H16ClFN4O. The lowest BCUT2D eigenvalue weighted by Crippen LogP contribution is -2.15. The average molecular weight is 407 g/mol. The number of aromatic nitrogens is 3. The molecule has 0 atom stereocenters. The first-order chi connectivity index (χ1) is 14.0. The fourth-order valence-electron chi connectivity index (χ4n) is 2.82. The lowest BCUT2D eigenvalue weighted by molar-refractivity contribution is 0.101. The van der Waals surface area contributed by atoms with Gasteiger partial charge in [0.2, 0.25) is 5.82 Å². The summed E-state index contributed by atoms with van der Waals surface area (Å²) < 4.78 is 15.4. The number of carbonyl (C=O) groups is 1. The van der Waals surface area contributed by atoms with Crippen LogP contribution in [0.5, 0.6) is 0 Å². The summed E-state index contributed by atoms with van der Waals surface area (Å²) in [6.45, 7) is 1.90. The monoisotopic (exact) mass is 406 g/mol. The van der Waals surface area contributed by atoms with Gasteiger partial charge in [0.25, 0.3) is 5.91 Å². The molecule has 0 saturated heterocycles. The Hall–Kier alpha value is -3.51. The highest BCUT2D eigenvalue weighted by Gasteiger charge is 2.20. The van der Waals surface area contributed by atoms with Gasteiger partial charge in [0.05, 0.1) is 11.4 Å². The fourth-order valence-corrected chi connectivity index (χ4v) is 2.99. The predicted molar refractivity (Wildman–Crippen MR) is 111 cm³/mol. The summed E-state index contributed by atoms with van der Waals surface area (Å²) >= 11 is 6.27. The number of nitrogens with one attached hydrogen (secondary N) is 1. The van der Waals surface area contributed by atoms with Crippen LogP contribution >= 0.6 is 11.6 Å². The normalized spacial score (nSPS) is 10.7. The van der Waals surface area contributed by atoms with E-state index >= 15 is 0 Å². The van der Waals surface area contributed by atoms with E-state index in [0.717, 1.165) is 11.1 Å². The van der Waals surface area contributed by atoms with Gasteiger partial charge >= 0.3 is 0 Å². The molecule has 1 amide bonds. The number of aryl methyl sites for hydroxylation is 1. The number of hydrogen-bond donors (Lipinski definition) is 1. The molecular weight excluding hydrogens is 391 g/mol. The van der Waals surface area contributed by atoms with E-state index in [1.54, 1.807) is 22.9 Å². The van der Waals surface area contributed by atoms with Crippen molar-refractivity contribution in [1.29, 1.82) is 0 Å². The smallest absolute Gasteiger partial charge is 0.295 e. The topological polar surface area (TPSA) is 59.8 Å². The number of benzene rings is 3. The van der Waals surface area contributed by atoms with Crippen molar-refractivity contribution in [3.05, 3.63) is 95.0 Å². The molecule has 0 unspecified atom stereocenters. The maximum atomic E-state index is 13.9. The standard InChI is InChI=1S/C22H16ClFN4O/c1-14-11-12-16(13-17(14)23)28-21(15-7-3-2-4-8-15)26-20(27-28)22(29)25-19-10-6-5-9-18(19)24/h2-13H,1H3,(H,25,29). The number of hydrogen-bond acceptors (Lipinski definition) is 3. The average Bonchev–Trinajstić information content (AvgIpc) is 3.18. The first-order valence-electron chi connectivity index (χ1n) is 8.88. The Morgan fingerprint density at radius 1 is 1.03 bits per heavy atom. The van der Waals surface area contributed by atoms with Gasteiger partial charge in [0.1, 0.15) is 5.82 Å². The summed E-state index contributed by atoms with van der Waals surface area (Å²) in [5, 5.41) is 7.46. The van der Waals surface area contributed by atoms with E-state index < -0.39 is 11.7 Å². The SMILES string of the molecule is Cc1ccc(-n2nc(C(=O)Nc3ccccc3F)nc2-c2ccccc2)cc1Cl. The van der Waals surface area contributed by atoms with E-state index in [0.29, 0.717) is 16.5 Å². The van der Waals surface area contributed by atoms with Crippen LogP contribution in [-0.2, 0) is 0 Å². The minimum atomic E-state index is -0.607. The number of halogens is 2. The van der Waals surface area contributed by atoms with Gasteiger partial charge < -0.3 is 5.32 Å². The zero-order valence-electron chi connectivity index (χ0n) is 15.4. The molecule has 1 heterocycles. The third-order valence-electron chi connectivity index (χ3n) is 4.36. The summed E-state index contributed by atoms with van der Waals surface area (Å²) in [6, 6.07) is 20.8. The van der Waals surface area contributed by atoms with Gasteiger partial charge in [0, 0.05) is 10.6 Å². The van der Waals surface area contributed by atoms with E-state index in [2.05, 4.69) is 15.4 Å².